The highest BCUT2D eigenvalue weighted by Crippen LogP contribution is 2.12. The normalized spacial score (nSPS) is 25.0. The van der Waals surface area contributed by atoms with Crippen molar-refractivity contribution >= 4 is 11.6 Å². The fraction of sp³-hybridized carbons (Fsp3) is 0.579. The Bertz CT molecular complexity index is 596. The van der Waals surface area contributed by atoms with Crippen molar-refractivity contribution in [2.24, 2.45) is 0 Å². The average Bonchev–Trinajstić information content (AvgIpc) is 2.63. The molecule has 0 radical (unpaired) electrons. The van der Waals surface area contributed by atoms with Crippen LogP contribution < -0.4 is 15.1 Å². The Morgan fingerprint density at radius 2 is 1.83 bits per heavy atom. The zero-order chi connectivity index (χ0) is 16.8. The highest BCUT2D eigenvalue weighted by molar-refractivity contribution is 5.92. The van der Waals surface area contributed by atoms with Crippen molar-refractivity contribution in [1.29, 1.82) is 5.26 Å². The number of anilines is 1. The first-order valence-corrected chi connectivity index (χ1v) is 9.23. The van der Waals surface area contributed by atoms with Crippen molar-refractivity contribution in [1.82, 2.24) is 0 Å². The number of nitrogens with one attached hydrogen (secondary N) is 3. The van der Waals surface area contributed by atoms with Gasteiger partial charge in [0.1, 0.15) is 6.07 Å². The molecule has 0 saturated carbocycles. The van der Waals surface area contributed by atoms with E-state index >= 15 is 0 Å². The van der Waals surface area contributed by atoms with Gasteiger partial charge in [-0.1, -0.05) is 12.1 Å². The third kappa shape index (κ3) is 4.34. The fourth-order valence-corrected chi connectivity index (χ4v) is 4.14. The van der Waals surface area contributed by atoms with Crippen LogP contribution in [0.4, 0.5) is 5.69 Å². The van der Waals surface area contributed by atoms with Crippen LogP contribution in [0.2, 0.25) is 0 Å². The molecule has 24 heavy (non-hydrogen) atoms. The number of piperidine rings is 2. The van der Waals surface area contributed by atoms with Crippen LogP contribution in [0.25, 0.3) is 0 Å². The first kappa shape index (κ1) is 16.9. The summed E-state index contributed by atoms with van der Waals surface area (Å²) in [6, 6.07) is 10.1. The summed E-state index contributed by atoms with van der Waals surface area (Å²) in [6.45, 7) is 5.35. The Balaban J connectivity index is 1.45. The molecule has 5 nitrogen and oxygen atoms in total. The summed E-state index contributed by atoms with van der Waals surface area (Å²) < 4.78 is 0. The quantitative estimate of drug-likeness (QED) is 0.705. The Morgan fingerprint density at radius 3 is 2.54 bits per heavy atom. The van der Waals surface area contributed by atoms with Crippen molar-refractivity contribution in [2.75, 3.05) is 38.0 Å². The highest BCUT2D eigenvalue weighted by Gasteiger charge is 2.31. The summed E-state index contributed by atoms with van der Waals surface area (Å²) in [6.07, 6.45) is 6.61. The molecule has 3 rings (SSSR count). The molecule has 2 fully saturated rings. The van der Waals surface area contributed by atoms with E-state index in [9.17, 15) is 4.79 Å². The first-order chi connectivity index (χ1) is 11.8. The van der Waals surface area contributed by atoms with Gasteiger partial charge in [0.25, 0.3) is 5.91 Å². The Labute approximate surface area is 144 Å². The molecule has 2 aliphatic heterocycles. The topological polar surface area (TPSA) is 61.8 Å². The van der Waals surface area contributed by atoms with Crippen LogP contribution >= 0.6 is 0 Å². The van der Waals surface area contributed by atoms with Gasteiger partial charge < -0.3 is 15.1 Å². The van der Waals surface area contributed by atoms with E-state index in [-0.39, 0.29) is 5.91 Å². The third-order valence-corrected chi connectivity index (χ3v) is 5.50. The largest absolute Gasteiger partial charge is 0.332 e. The standard InChI is InChI=1S/C19H26N4O/c20-14-16-6-2-3-7-18(16)21-19(24)15-22-12-8-17(9-13-22)23-10-4-1-5-11-23/h2-3,6-7,17H,1,4-5,8-13,15H2,(H,21,24)/p+2. The molecule has 0 aliphatic carbocycles. The van der Waals surface area contributed by atoms with E-state index in [2.05, 4.69) is 11.4 Å². The average molecular weight is 328 g/mol. The van der Waals surface area contributed by atoms with Gasteiger partial charge in [-0.05, 0) is 31.4 Å². The molecule has 1 amide bonds. The number of hydrogen-bond donors (Lipinski definition) is 3. The minimum atomic E-state index is 0.0106. The molecule has 2 aliphatic rings. The molecular weight excluding hydrogens is 300 g/mol. The van der Waals surface area contributed by atoms with Gasteiger partial charge in [0.2, 0.25) is 0 Å². The highest BCUT2D eigenvalue weighted by atomic mass is 16.2. The lowest BCUT2D eigenvalue weighted by Gasteiger charge is -2.35. The summed E-state index contributed by atoms with van der Waals surface area (Å²) in [5.41, 5.74) is 1.14. The lowest BCUT2D eigenvalue weighted by atomic mass is 10.00. The molecule has 5 heteroatoms. The van der Waals surface area contributed by atoms with Gasteiger partial charge in [-0.25, -0.2) is 0 Å². The number of amides is 1. The number of carbonyl (C=O) groups is 1. The first-order valence-electron chi connectivity index (χ1n) is 9.23. The smallest absolute Gasteiger partial charge is 0.279 e. The van der Waals surface area contributed by atoms with Crippen LogP contribution in [-0.2, 0) is 4.79 Å². The fourth-order valence-electron chi connectivity index (χ4n) is 4.14. The SMILES string of the molecule is N#Cc1ccccc1NC(=O)C[NH+]1CCC([NH+]2CCCCC2)CC1. The number of hydrogen-bond acceptors (Lipinski definition) is 2. The molecule has 128 valence electrons. The number of benzene rings is 1. The lowest BCUT2D eigenvalue weighted by molar-refractivity contribution is -0.958. The van der Waals surface area contributed by atoms with E-state index in [4.69, 9.17) is 5.26 Å². The molecule has 0 unspecified atom stereocenters. The van der Waals surface area contributed by atoms with E-state index in [0.717, 1.165) is 19.1 Å². The molecule has 3 N–H and O–H groups in total. The number of nitriles is 1. The van der Waals surface area contributed by atoms with Crippen molar-refractivity contribution in [2.45, 2.75) is 38.1 Å². The summed E-state index contributed by atoms with van der Waals surface area (Å²) in [5, 5.41) is 12.0. The lowest BCUT2D eigenvalue weighted by Crippen LogP contribution is -3.21. The van der Waals surface area contributed by atoms with Crippen LogP contribution in [0.1, 0.15) is 37.7 Å². The van der Waals surface area contributed by atoms with Gasteiger partial charge in [-0.15, -0.1) is 0 Å². The second-order valence-corrected chi connectivity index (χ2v) is 7.13. The van der Waals surface area contributed by atoms with Crippen LogP contribution in [-0.4, -0.2) is 44.7 Å². The second kappa shape index (κ2) is 8.27. The summed E-state index contributed by atoms with van der Waals surface area (Å²) in [5.74, 6) is 0.0106. The maximum absolute atomic E-state index is 12.3. The van der Waals surface area contributed by atoms with Crippen LogP contribution in [0, 0.1) is 11.3 Å². The molecule has 1 aromatic carbocycles. The van der Waals surface area contributed by atoms with Gasteiger partial charge in [-0.2, -0.15) is 5.26 Å². The van der Waals surface area contributed by atoms with E-state index < -0.39 is 0 Å². The van der Waals surface area contributed by atoms with Crippen LogP contribution in [0.5, 0.6) is 0 Å². The molecule has 0 spiro atoms. The number of rotatable bonds is 4. The van der Waals surface area contributed by atoms with E-state index in [1.165, 1.54) is 50.1 Å². The monoisotopic (exact) mass is 328 g/mol. The molecule has 2 heterocycles. The van der Waals surface area contributed by atoms with Crippen molar-refractivity contribution in [3.63, 3.8) is 0 Å². The molecule has 2 saturated heterocycles. The Hall–Kier alpha value is -1.90. The van der Waals surface area contributed by atoms with E-state index in [1.54, 1.807) is 17.0 Å². The molecule has 1 aromatic rings. The minimum Gasteiger partial charge on any atom is -0.332 e. The van der Waals surface area contributed by atoms with Gasteiger partial charge in [0.05, 0.1) is 43.5 Å². The summed E-state index contributed by atoms with van der Waals surface area (Å²) in [7, 11) is 0. The van der Waals surface area contributed by atoms with Gasteiger partial charge in [-0.3, -0.25) is 4.79 Å². The zero-order valence-electron chi connectivity index (χ0n) is 14.3. The minimum absolute atomic E-state index is 0.0106. The van der Waals surface area contributed by atoms with Gasteiger partial charge in [0, 0.05) is 12.8 Å². The molecule has 0 atom stereocenters. The van der Waals surface area contributed by atoms with Gasteiger partial charge in [0.15, 0.2) is 6.54 Å². The predicted molar refractivity (Wildman–Crippen MR) is 92.9 cm³/mol. The molecule has 0 bridgehead atoms. The second-order valence-electron chi connectivity index (χ2n) is 7.13. The number of para-hydroxylation sites is 1. The number of likely N-dealkylation sites (tertiary alicyclic amines) is 2. The van der Waals surface area contributed by atoms with Crippen molar-refractivity contribution < 1.29 is 14.6 Å². The van der Waals surface area contributed by atoms with E-state index in [0.29, 0.717) is 17.8 Å². The van der Waals surface area contributed by atoms with E-state index in [1.807, 2.05) is 12.1 Å². The third-order valence-electron chi connectivity index (χ3n) is 5.50. The Kier molecular flexibility index (Phi) is 5.84. The maximum atomic E-state index is 12.3. The predicted octanol–water partition coefficient (Wildman–Crippen LogP) is -0.387. The van der Waals surface area contributed by atoms with Crippen molar-refractivity contribution in [3.8, 4) is 6.07 Å². The number of quaternary nitrogens is 2. The van der Waals surface area contributed by atoms with Crippen LogP contribution in [0.15, 0.2) is 24.3 Å². The molecule has 0 aromatic heterocycles. The number of carbonyl (C=O) groups excluding carboxylic acids is 1. The Morgan fingerprint density at radius 1 is 1.12 bits per heavy atom. The van der Waals surface area contributed by atoms with Crippen molar-refractivity contribution in [3.05, 3.63) is 29.8 Å². The molecular formula is C19H28N4O+2. The zero-order valence-corrected chi connectivity index (χ0v) is 14.3. The van der Waals surface area contributed by atoms with Crippen LogP contribution in [0.3, 0.4) is 0 Å². The van der Waals surface area contributed by atoms with Gasteiger partial charge >= 0.3 is 0 Å². The maximum Gasteiger partial charge on any atom is 0.279 e. The number of nitrogens with zero attached hydrogens (tertiary/aromatic N) is 1. The summed E-state index contributed by atoms with van der Waals surface area (Å²) >= 11 is 0. The summed E-state index contributed by atoms with van der Waals surface area (Å²) in [4.78, 5) is 15.5.